The van der Waals surface area contributed by atoms with E-state index in [1.54, 1.807) is 48.5 Å². The number of carbonyl (C=O) groups is 3. The summed E-state index contributed by atoms with van der Waals surface area (Å²) in [6, 6.07) is 13.6. The molecule has 0 unspecified atom stereocenters. The number of benzene rings is 2. The summed E-state index contributed by atoms with van der Waals surface area (Å²) in [4.78, 5) is 39.8. The molecule has 2 aliphatic rings. The Morgan fingerprint density at radius 2 is 1.10 bits per heavy atom. The van der Waals surface area contributed by atoms with Gasteiger partial charge in [-0.1, -0.05) is 47.5 Å². The van der Waals surface area contributed by atoms with E-state index < -0.39 is 35.0 Å². The minimum Gasteiger partial charge on any atom is -0.422 e. The van der Waals surface area contributed by atoms with Gasteiger partial charge in [-0.05, 0) is 35.4 Å². The van der Waals surface area contributed by atoms with Crippen molar-refractivity contribution in [2.24, 2.45) is 5.41 Å². The number of rotatable bonds is 2. The summed E-state index contributed by atoms with van der Waals surface area (Å²) in [6.07, 6.45) is 0.0483. The Morgan fingerprint density at radius 3 is 1.47 bits per heavy atom. The second-order valence-electron chi connectivity index (χ2n) is 8.20. The Bertz CT molecular complexity index is 931. The zero-order chi connectivity index (χ0) is 21.7. The number of carbonyl (C=O) groups excluding carboxylic acids is 3. The van der Waals surface area contributed by atoms with Crippen molar-refractivity contribution >= 4 is 40.9 Å². The molecule has 4 rings (SSSR count). The molecule has 7 heteroatoms. The van der Waals surface area contributed by atoms with Gasteiger partial charge in [0.25, 0.3) is 5.79 Å². The molecular weight excluding hydrogens is 427 g/mol. The first-order chi connectivity index (χ1) is 14.1. The molecule has 2 fully saturated rings. The molecule has 1 heterocycles. The molecular formula is C23H20Cl2O5. The second kappa shape index (κ2) is 7.40. The molecule has 2 aromatic carbocycles. The first-order valence-corrected chi connectivity index (χ1v) is 10.4. The maximum absolute atomic E-state index is 13.5. The van der Waals surface area contributed by atoms with Gasteiger partial charge in [-0.15, -0.1) is 0 Å². The Morgan fingerprint density at radius 1 is 0.733 bits per heavy atom. The summed E-state index contributed by atoms with van der Waals surface area (Å²) in [5, 5.41) is 1.03. The van der Waals surface area contributed by atoms with Gasteiger partial charge in [-0.2, -0.15) is 0 Å². The molecule has 2 atom stereocenters. The second-order valence-corrected chi connectivity index (χ2v) is 9.08. The molecule has 1 saturated heterocycles. The highest BCUT2D eigenvalue weighted by Crippen LogP contribution is 2.57. The van der Waals surface area contributed by atoms with E-state index in [0.717, 1.165) is 0 Å². The molecule has 1 saturated carbocycles. The topological polar surface area (TPSA) is 69.7 Å². The molecule has 0 bridgehead atoms. The molecule has 1 aliphatic heterocycles. The molecule has 156 valence electrons. The zero-order valence-electron chi connectivity index (χ0n) is 16.5. The van der Waals surface area contributed by atoms with Gasteiger partial charge in [0.05, 0.1) is 0 Å². The molecule has 30 heavy (non-hydrogen) atoms. The monoisotopic (exact) mass is 446 g/mol. The van der Waals surface area contributed by atoms with Crippen LogP contribution in [0.3, 0.4) is 0 Å². The third kappa shape index (κ3) is 3.40. The van der Waals surface area contributed by atoms with Gasteiger partial charge in [-0.3, -0.25) is 14.4 Å². The lowest BCUT2D eigenvalue weighted by Gasteiger charge is -2.49. The van der Waals surface area contributed by atoms with Crippen LogP contribution in [0.2, 0.25) is 10.0 Å². The largest absolute Gasteiger partial charge is 0.422 e. The summed E-state index contributed by atoms with van der Waals surface area (Å²) < 4.78 is 11.2. The standard InChI is InChI=1S/C23H20Cl2O5/c1-22(2)29-20(27)23(21(28)30-22)18(13-3-7-15(24)8-4-13)11-17(26)12-19(23)14-5-9-16(25)10-6-14/h3-10,18-19H,11-12H2,1-2H3/t18-,19+. The first-order valence-electron chi connectivity index (χ1n) is 9.63. The van der Waals surface area contributed by atoms with Crippen LogP contribution in [0.25, 0.3) is 0 Å². The van der Waals surface area contributed by atoms with Gasteiger partial charge in [0.2, 0.25) is 0 Å². The summed E-state index contributed by atoms with van der Waals surface area (Å²) in [5.74, 6) is -4.28. The normalized spacial score (nSPS) is 25.0. The van der Waals surface area contributed by atoms with E-state index >= 15 is 0 Å². The van der Waals surface area contributed by atoms with Crippen molar-refractivity contribution in [1.82, 2.24) is 0 Å². The van der Waals surface area contributed by atoms with Crippen molar-refractivity contribution in [2.75, 3.05) is 0 Å². The first kappa shape index (κ1) is 20.9. The molecule has 5 nitrogen and oxygen atoms in total. The highest BCUT2D eigenvalue weighted by Gasteiger charge is 2.67. The molecule has 0 N–H and O–H groups in total. The predicted octanol–water partition coefficient (Wildman–Crippen LogP) is 5.05. The van der Waals surface area contributed by atoms with E-state index in [2.05, 4.69) is 0 Å². The fourth-order valence-corrected chi connectivity index (χ4v) is 4.80. The van der Waals surface area contributed by atoms with Crippen LogP contribution >= 0.6 is 23.2 Å². The van der Waals surface area contributed by atoms with Crippen LogP contribution in [0.15, 0.2) is 48.5 Å². The van der Waals surface area contributed by atoms with Crippen molar-refractivity contribution in [3.8, 4) is 0 Å². The maximum Gasteiger partial charge on any atom is 0.328 e. The van der Waals surface area contributed by atoms with Gasteiger partial charge in [0.1, 0.15) is 5.78 Å². The highest BCUT2D eigenvalue weighted by molar-refractivity contribution is 6.30. The number of hydrogen-bond acceptors (Lipinski definition) is 5. The van der Waals surface area contributed by atoms with E-state index in [4.69, 9.17) is 32.7 Å². The minimum absolute atomic E-state index is 0.0242. The number of hydrogen-bond donors (Lipinski definition) is 0. The van der Waals surface area contributed by atoms with Crippen molar-refractivity contribution in [3.05, 3.63) is 69.7 Å². The maximum atomic E-state index is 13.5. The van der Waals surface area contributed by atoms with Crippen molar-refractivity contribution in [1.29, 1.82) is 0 Å². The molecule has 0 radical (unpaired) electrons. The summed E-state index contributed by atoms with van der Waals surface area (Å²) in [6.45, 7) is 3.02. The highest BCUT2D eigenvalue weighted by atomic mass is 35.5. The fraction of sp³-hybridized carbons (Fsp3) is 0.348. The van der Waals surface area contributed by atoms with Gasteiger partial charge < -0.3 is 9.47 Å². The molecule has 1 aliphatic carbocycles. The number of ketones is 1. The Labute approximate surface area is 184 Å². The van der Waals surface area contributed by atoms with E-state index in [9.17, 15) is 14.4 Å². The summed E-state index contributed by atoms with van der Waals surface area (Å²) >= 11 is 12.1. The van der Waals surface area contributed by atoms with E-state index in [0.29, 0.717) is 21.2 Å². The van der Waals surface area contributed by atoms with Crippen LogP contribution in [0.1, 0.15) is 49.7 Å². The number of esters is 2. The smallest absolute Gasteiger partial charge is 0.328 e. The Kier molecular flexibility index (Phi) is 5.15. The third-order valence-electron chi connectivity index (χ3n) is 5.86. The SMILES string of the molecule is CC1(C)OC(=O)C2(C(=O)O1)[C@@H](c1ccc(Cl)cc1)CC(=O)C[C@H]2c1ccc(Cl)cc1. The van der Waals surface area contributed by atoms with Crippen molar-refractivity contribution in [2.45, 2.75) is 44.3 Å². The van der Waals surface area contributed by atoms with Crippen LogP contribution in [-0.2, 0) is 23.9 Å². The Hall–Kier alpha value is -2.37. The average molecular weight is 447 g/mol. The van der Waals surface area contributed by atoms with Crippen LogP contribution in [-0.4, -0.2) is 23.5 Å². The van der Waals surface area contributed by atoms with Gasteiger partial charge in [-0.25, -0.2) is 0 Å². The van der Waals surface area contributed by atoms with Crippen molar-refractivity contribution in [3.63, 3.8) is 0 Å². The summed E-state index contributed by atoms with van der Waals surface area (Å²) in [5.41, 5.74) is -0.384. The number of ether oxygens (including phenoxy) is 2. The lowest BCUT2D eigenvalue weighted by Crippen LogP contribution is -2.61. The average Bonchev–Trinajstić information content (AvgIpc) is 2.66. The fourth-order valence-electron chi connectivity index (χ4n) is 4.54. The van der Waals surface area contributed by atoms with E-state index in [1.807, 2.05) is 0 Å². The Balaban J connectivity index is 1.93. The van der Waals surface area contributed by atoms with Crippen LogP contribution in [0, 0.1) is 5.41 Å². The van der Waals surface area contributed by atoms with Gasteiger partial charge >= 0.3 is 11.9 Å². The lowest BCUT2D eigenvalue weighted by atomic mass is 9.55. The number of Topliss-reactive ketones (excluding diaryl/α,β-unsaturated/α-hetero) is 1. The minimum atomic E-state index is -1.69. The number of cyclic esters (lactones) is 2. The lowest BCUT2D eigenvalue weighted by molar-refractivity contribution is -0.256. The molecule has 1 spiro atoms. The molecule has 2 aromatic rings. The zero-order valence-corrected chi connectivity index (χ0v) is 18.0. The van der Waals surface area contributed by atoms with Gasteiger partial charge in [0, 0.05) is 48.6 Å². The van der Waals surface area contributed by atoms with Crippen LogP contribution < -0.4 is 0 Å². The van der Waals surface area contributed by atoms with E-state index in [-0.39, 0.29) is 18.6 Å². The summed E-state index contributed by atoms with van der Waals surface area (Å²) in [7, 11) is 0. The van der Waals surface area contributed by atoms with E-state index in [1.165, 1.54) is 13.8 Å². The quantitative estimate of drug-likeness (QED) is 0.476. The number of halogens is 2. The van der Waals surface area contributed by atoms with Crippen molar-refractivity contribution < 1.29 is 23.9 Å². The molecule has 0 amide bonds. The van der Waals surface area contributed by atoms with Crippen LogP contribution in [0.5, 0.6) is 0 Å². The van der Waals surface area contributed by atoms with Gasteiger partial charge in [0.15, 0.2) is 5.41 Å². The van der Waals surface area contributed by atoms with Crippen LogP contribution in [0.4, 0.5) is 0 Å². The molecule has 0 aromatic heterocycles. The predicted molar refractivity (Wildman–Crippen MR) is 111 cm³/mol. The third-order valence-corrected chi connectivity index (χ3v) is 6.36.